The third-order valence-electron chi connectivity index (χ3n) is 1.83. The lowest BCUT2D eigenvalue weighted by atomic mass is 10.3. The molecule has 0 spiro atoms. The van der Waals surface area contributed by atoms with Crippen LogP contribution in [0.4, 0.5) is 4.39 Å². The van der Waals surface area contributed by atoms with Gasteiger partial charge in [-0.15, -0.1) is 0 Å². The normalized spacial score (nSPS) is 10.4. The number of rotatable bonds is 3. The SMILES string of the molecule is Cc1nc(COc2ccc(Cl)c(F)c2)no1. The molecule has 2 aromatic rings. The van der Waals surface area contributed by atoms with Crippen molar-refractivity contribution in [1.29, 1.82) is 0 Å². The summed E-state index contributed by atoms with van der Waals surface area (Å²) in [5.41, 5.74) is 0. The van der Waals surface area contributed by atoms with Crippen molar-refractivity contribution in [3.8, 4) is 5.75 Å². The number of halogens is 2. The summed E-state index contributed by atoms with van der Waals surface area (Å²) in [5.74, 6) is 0.710. The van der Waals surface area contributed by atoms with Crippen molar-refractivity contribution < 1.29 is 13.7 Å². The van der Waals surface area contributed by atoms with Gasteiger partial charge >= 0.3 is 0 Å². The summed E-state index contributed by atoms with van der Waals surface area (Å²) in [4.78, 5) is 3.94. The van der Waals surface area contributed by atoms with Gasteiger partial charge in [0.1, 0.15) is 11.6 Å². The minimum absolute atomic E-state index is 0.0581. The van der Waals surface area contributed by atoms with Crippen molar-refractivity contribution in [1.82, 2.24) is 10.1 Å². The average molecular weight is 243 g/mol. The van der Waals surface area contributed by atoms with Crippen LogP contribution in [0.25, 0.3) is 0 Å². The molecule has 0 N–H and O–H groups in total. The fourth-order valence-corrected chi connectivity index (χ4v) is 1.23. The predicted octanol–water partition coefficient (Wildman–Crippen LogP) is 2.75. The Morgan fingerprint density at radius 1 is 1.50 bits per heavy atom. The van der Waals surface area contributed by atoms with Gasteiger partial charge in [-0.3, -0.25) is 0 Å². The average Bonchev–Trinajstić information content (AvgIpc) is 2.66. The summed E-state index contributed by atoms with van der Waals surface area (Å²) in [6.45, 7) is 1.80. The highest BCUT2D eigenvalue weighted by Gasteiger charge is 2.05. The van der Waals surface area contributed by atoms with Crippen LogP contribution >= 0.6 is 11.6 Å². The van der Waals surface area contributed by atoms with Gasteiger partial charge in [0.25, 0.3) is 0 Å². The number of aromatic nitrogens is 2. The van der Waals surface area contributed by atoms with E-state index in [0.717, 1.165) is 0 Å². The Morgan fingerprint density at radius 3 is 2.94 bits per heavy atom. The Labute approximate surface area is 96.0 Å². The van der Waals surface area contributed by atoms with Gasteiger partial charge in [0.2, 0.25) is 11.7 Å². The van der Waals surface area contributed by atoms with E-state index >= 15 is 0 Å². The molecular weight excluding hydrogens is 235 g/mol. The van der Waals surface area contributed by atoms with E-state index in [1.54, 1.807) is 13.0 Å². The molecule has 0 aliphatic heterocycles. The maximum atomic E-state index is 13.0. The first-order chi connectivity index (χ1) is 7.65. The van der Waals surface area contributed by atoms with Crippen molar-refractivity contribution in [2.75, 3.05) is 0 Å². The van der Waals surface area contributed by atoms with E-state index < -0.39 is 5.82 Å². The van der Waals surface area contributed by atoms with Crippen LogP contribution in [0, 0.1) is 12.7 Å². The van der Waals surface area contributed by atoms with Crippen molar-refractivity contribution in [2.45, 2.75) is 13.5 Å². The van der Waals surface area contributed by atoms with Gasteiger partial charge in [-0.05, 0) is 12.1 Å². The lowest BCUT2D eigenvalue weighted by Gasteiger charge is -2.03. The highest BCUT2D eigenvalue weighted by Crippen LogP contribution is 2.20. The lowest BCUT2D eigenvalue weighted by molar-refractivity contribution is 0.284. The van der Waals surface area contributed by atoms with Gasteiger partial charge in [-0.2, -0.15) is 4.98 Å². The van der Waals surface area contributed by atoms with E-state index in [-0.39, 0.29) is 11.6 Å². The van der Waals surface area contributed by atoms with E-state index in [1.807, 2.05) is 0 Å². The summed E-state index contributed by atoms with van der Waals surface area (Å²) in [5, 5.41) is 3.70. The van der Waals surface area contributed by atoms with E-state index in [2.05, 4.69) is 10.1 Å². The third kappa shape index (κ3) is 2.49. The quantitative estimate of drug-likeness (QED) is 0.830. The number of hydrogen-bond donors (Lipinski definition) is 0. The molecule has 0 aliphatic carbocycles. The molecule has 0 saturated carbocycles. The number of aryl methyl sites for hydroxylation is 1. The second-order valence-electron chi connectivity index (χ2n) is 3.09. The molecule has 2 rings (SSSR count). The minimum Gasteiger partial charge on any atom is -0.485 e. The maximum Gasteiger partial charge on any atom is 0.223 e. The lowest BCUT2D eigenvalue weighted by Crippen LogP contribution is -1.97. The molecule has 1 aromatic carbocycles. The maximum absolute atomic E-state index is 13.0. The molecule has 1 heterocycles. The Bertz CT molecular complexity index is 501. The molecule has 0 unspecified atom stereocenters. The second-order valence-corrected chi connectivity index (χ2v) is 3.50. The largest absolute Gasteiger partial charge is 0.485 e. The van der Waals surface area contributed by atoms with Gasteiger partial charge in [-0.25, -0.2) is 4.39 Å². The van der Waals surface area contributed by atoms with E-state index in [4.69, 9.17) is 20.9 Å². The molecule has 0 radical (unpaired) electrons. The van der Waals surface area contributed by atoms with Crippen LogP contribution in [-0.2, 0) is 6.61 Å². The molecule has 0 bridgehead atoms. The van der Waals surface area contributed by atoms with Crippen LogP contribution < -0.4 is 4.74 Å². The fraction of sp³-hybridized carbons (Fsp3) is 0.200. The van der Waals surface area contributed by atoms with Gasteiger partial charge < -0.3 is 9.26 Å². The Kier molecular flexibility index (Phi) is 3.05. The van der Waals surface area contributed by atoms with Gasteiger partial charge in [0.15, 0.2) is 6.61 Å². The molecule has 0 aliphatic rings. The second kappa shape index (κ2) is 4.49. The van der Waals surface area contributed by atoms with Gasteiger partial charge in [0, 0.05) is 13.0 Å². The van der Waals surface area contributed by atoms with Crippen molar-refractivity contribution in [2.24, 2.45) is 0 Å². The first-order valence-corrected chi connectivity index (χ1v) is 4.90. The summed E-state index contributed by atoms with van der Waals surface area (Å²) >= 11 is 5.53. The zero-order chi connectivity index (χ0) is 11.5. The molecule has 4 nitrogen and oxygen atoms in total. The molecule has 0 fully saturated rings. The molecule has 0 atom stereocenters. The summed E-state index contributed by atoms with van der Waals surface area (Å²) < 4.78 is 23.1. The van der Waals surface area contributed by atoms with Crippen LogP contribution in [0.2, 0.25) is 5.02 Å². The van der Waals surface area contributed by atoms with Crippen LogP contribution in [0.1, 0.15) is 11.7 Å². The monoisotopic (exact) mass is 242 g/mol. The van der Waals surface area contributed by atoms with Gasteiger partial charge in [0.05, 0.1) is 5.02 Å². The third-order valence-corrected chi connectivity index (χ3v) is 2.14. The first kappa shape index (κ1) is 10.9. The summed E-state index contributed by atoms with van der Waals surface area (Å²) in [6.07, 6.45) is 0. The number of nitrogens with zero attached hydrogens (tertiary/aromatic N) is 2. The van der Waals surface area contributed by atoms with Crippen LogP contribution in [0.15, 0.2) is 22.7 Å². The van der Waals surface area contributed by atoms with Gasteiger partial charge in [-0.1, -0.05) is 16.8 Å². The van der Waals surface area contributed by atoms with Crippen molar-refractivity contribution >= 4 is 11.6 Å². The molecular formula is C10H8ClFN2O2. The molecule has 6 heteroatoms. The smallest absolute Gasteiger partial charge is 0.223 e. The fourth-order valence-electron chi connectivity index (χ4n) is 1.11. The van der Waals surface area contributed by atoms with Crippen molar-refractivity contribution in [3.05, 3.63) is 40.8 Å². The predicted molar refractivity (Wildman–Crippen MR) is 54.8 cm³/mol. The highest BCUT2D eigenvalue weighted by molar-refractivity contribution is 6.30. The first-order valence-electron chi connectivity index (χ1n) is 4.52. The molecule has 0 amide bonds. The molecule has 1 aromatic heterocycles. The van der Waals surface area contributed by atoms with Crippen LogP contribution in [0.3, 0.4) is 0 Å². The van der Waals surface area contributed by atoms with Crippen LogP contribution in [-0.4, -0.2) is 10.1 Å². The van der Waals surface area contributed by atoms with E-state index in [0.29, 0.717) is 17.5 Å². The molecule has 0 saturated heterocycles. The Morgan fingerprint density at radius 2 is 2.31 bits per heavy atom. The standard InChI is InChI=1S/C10H8ClFN2O2/c1-6-13-10(14-16-6)5-15-7-2-3-8(11)9(12)4-7/h2-4H,5H2,1H3. The number of benzene rings is 1. The topological polar surface area (TPSA) is 48.2 Å². The van der Waals surface area contributed by atoms with Crippen LogP contribution in [0.5, 0.6) is 5.75 Å². The Balaban J connectivity index is 2.02. The zero-order valence-corrected chi connectivity index (χ0v) is 9.16. The number of hydrogen-bond acceptors (Lipinski definition) is 4. The number of ether oxygens (including phenoxy) is 1. The summed E-state index contributed by atoms with van der Waals surface area (Å²) in [7, 11) is 0. The Hall–Kier alpha value is -1.62. The highest BCUT2D eigenvalue weighted by atomic mass is 35.5. The van der Waals surface area contributed by atoms with Crippen molar-refractivity contribution in [3.63, 3.8) is 0 Å². The summed E-state index contributed by atoms with van der Waals surface area (Å²) in [6, 6.07) is 4.20. The van der Waals surface area contributed by atoms with E-state index in [9.17, 15) is 4.39 Å². The minimum atomic E-state index is -0.525. The molecule has 16 heavy (non-hydrogen) atoms. The van der Waals surface area contributed by atoms with E-state index in [1.165, 1.54) is 12.1 Å². The molecule has 84 valence electrons. The zero-order valence-electron chi connectivity index (χ0n) is 8.41.